The first-order chi connectivity index (χ1) is 7.29. The molecule has 0 unspecified atom stereocenters. The van der Waals surface area contributed by atoms with Crippen LogP contribution in [-0.4, -0.2) is 12.3 Å². The molecule has 1 aliphatic rings. The molecule has 1 aromatic carbocycles. The maximum Gasteiger partial charge on any atom is 0.0353 e. The van der Waals surface area contributed by atoms with Crippen LogP contribution in [0.2, 0.25) is 0 Å². The Labute approximate surface area is 96.7 Å². The molecule has 1 fully saturated rings. The van der Waals surface area contributed by atoms with Gasteiger partial charge in [0.25, 0.3) is 0 Å². The van der Waals surface area contributed by atoms with E-state index in [1.165, 1.54) is 29.8 Å². The Morgan fingerprint density at radius 2 is 2.20 bits per heavy atom. The van der Waals surface area contributed by atoms with Crippen molar-refractivity contribution in [1.82, 2.24) is 0 Å². The third kappa shape index (κ3) is 2.69. The Morgan fingerprint density at radius 3 is 2.87 bits per heavy atom. The van der Waals surface area contributed by atoms with Crippen LogP contribution < -0.4 is 5.32 Å². The monoisotopic (exact) mass is 221 g/mol. The average molecular weight is 221 g/mol. The van der Waals surface area contributed by atoms with Crippen LogP contribution in [-0.2, 0) is 0 Å². The van der Waals surface area contributed by atoms with Crippen LogP contribution in [0.5, 0.6) is 0 Å². The molecule has 0 aromatic heterocycles. The molecule has 0 saturated heterocycles. The summed E-state index contributed by atoms with van der Waals surface area (Å²) >= 11 is 1.80. The molecule has 1 nitrogen and oxygen atoms in total. The molecule has 1 N–H and O–H groups in total. The SMILES string of the molecule is CSc1cccc(N[C@H]2CCC[C@@H]2C)c1. The van der Waals surface area contributed by atoms with Gasteiger partial charge in [-0.15, -0.1) is 11.8 Å². The van der Waals surface area contributed by atoms with E-state index in [0.29, 0.717) is 6.04 Å². The topological polar surface area (TPSA) is 12.0 Å². The maximum absolute atomic E-state index is 3.65. The first-order valence-electron chi connectivity index (χ1n) is 5.70. The molecule has 2 heteroatoms. The van der Waals surface area contributed by atoms with Crippen molar-refractivity contribution in [2.24, 2.45) is 5.92 Å². The van der Waals surface area contributed by atoms with E-state index in [1.807, 2.05) is 0 Å². The zero-order valence-corrected chi connectivity index (χ0v) is 10.3. The van der Waals surface area contributed by atoms with E-state index in [0.717, 1.165) is 5.92 Å². The van der Waals surface area contributed by atoms with Crippen molar-refractivity contribution in [1.29, 1.82) is 0 Å². The van der Waals surface area contributed by atoms with Crippen molar-refractivity contribution in [2.75, 3.05) is 11.6 Å². The Balaban J connectivity index is 2.03. The minimum absolute atomic E-state index is 0.683. The third-order valence-electron chi connectivity index (χ3n) is 3.28. The van der Waals surface area contributed by atoms with Gasteiger partial charge in [0.2, 0.25) is 0 Å². The van der Waals surface area contributed by atoms with Crippen LogP contribution in [0.25, 0.3) is 0 Å². The normalized spacial score (nSPS) is 25.5. The van der Waals surface area contributed by atoms with E-state index in [-0.39, 0.29) is 0 Å². The molecular formula is C13H19NS. The average Bonchev–Trinajstić information content (AvgIpc) is 2.65. The molecule has 1 aliphatic carbocycles. The van der Waals surface area contributed by atoms with E-state index in [2.05, 4.69) is 42.8 Å². The minimum Gasteiger partial charge on any atom is -0.382 e. The van der Waals surface area contributed by atoms with Gasteiger partial charge in [0, 0.05) is 16.6 Å². The number of anilines is 1. The summed E-state index contributed by atoms with van der Waals surface area (Å²) in [5.41, 5.74) is 1.28. The van der Waals surface area contributed by atoms with Crippen molar-refractivity contribution in [2.45, 2.75) is 37.1 Å². The molecule has 0 radical (unpaired) electrons. The van der Waals surface area contributed by atoms with Gasteiger partial charge in [0.15, 0.2) is 0 Å². The zero-order valence-electron chi connectivity index (χ0n) is 9.49. The van der Waals surface area contributed by atoms with Gasteiger partial charge >= 0.3 is 0 Å². The molecule has 0 spiro atoms. The number of nitrogens with one attached hydrogen (secondary N) is 1. The van der Waals surface area contributed by atoms with Crippen molar-refractivity contribution in [3.05, 3.63) is 24.3 Å². The molecule has 15 heavy (non-hydrogen) atoms. The second-order valence-corrected chi connectivity index (χ2v) is 5.27. The summed E-state index contributed by atoms with van der Waals surface area (Å²) in [6.45, 7) is 2.35. The second kappa shape index (κ2) is 4.93. The summed E-state index contributed by atoms with van der Waals surface area (Å²) in [6.07, 6.45) is 6.20. The number of thioether (sulfide) groups is 1. The highest BCUT2D eigenvalue weighted by Gasteiger charge is 2.22. The Hall–Kier alpha value is -0.630. The summed E-state index contributed by atoms with van der Waals surface area (Å²) in [5, 5.41) is 3.65. The fourth-order valence-electron chi connectivity index (χ4n) is 2.29. The number of rotatable bonds is 3. The van der Waals surface area contributed by atoms with E-state index < -0.39 is 0 Å². The number of hydrogen-bond acceptors (Lipinski definition) is 2. The molecule has 82 valence electrons. The summed E-state index contributed by atoms with van der Waals surface area (Å²) < 4.78 is 0. The summed E-state index contributed by atoms with van der Waals surface area (Å²) in [4.78, 5) is 1.34. The smallest absolute Gasteiger partial charge is 0.0353 e. The van der Waals surface area contributed by atoms with Gasteiger partial charge < -0.3 is 5.32 Å². The molecule has 2 atom stereocenters. The second-order valence-electron chi connectivity index (χ2n) is 4.39. The van der Waals surface area contributed by atoms with Crippen LogP contribution >= 0.6 is 11.8 Å². The van der Waals surface area contributed by atoms with Crippen molar-refractivity contribution in [3.8, 4) is 0 Å². The van der Waals surface area contributed by atoms with Gasteiger partial charge in [-0.1, -0.05) is 19.4 Å². The van der Waals surface area contributed by atoms with Crippen molar-refractivity contribution < 1.29 is 0 Å². The van der Waals surface area contributed by atoms with Gasteiger partial charge in [-0.05, 0) is 43.2 Å². The first kappa shape index (κ1) is 10.9. The molecule has 1 saturated carbocycles. The first-order valence-corrected chi connectivity index (χ1v) is 6.92. The van der Waals surface area contributed by atoms with Crippen molar-refractivity contribution >= 4 is 17.4 Å². The summed E-state index contributed by atoms with van der Waals surface area (Å²) in [5.74, 6) is 0.822. The van der Waals surface area contributed by atoms with Crippen LogP contribution in [0.15, 0.2) is 29.2 Å². The van der Waals surface area contributed by atoms with E-state index in [1.54, 1.807) is 11.8 Å². The fraction of sp³-hybridized carbons (Fsp3) is 0.538. The lowest BCUT2D eigenvalue weighted by molar-refractivity contribution is 0.556. The molecule has 0 aliphatic heterocycles. The lowest BCUT2D eigenvalue weighted by Gasteiger charge is -2.18. The van der Waals surface area contributed by atoms with Gasteiger partial charge in [-0.3, -0.25) is 0 Å². The standard InChI is InChI=1S/C13H19NS/c1-10-5-3-8-13(10)14-11-6-4-7-12(9-11)15-2/h4,6-7,9-10,13-14H,3,5,8H2,1-2H3/t10-,13-/m0/s1. The van der Waals surface area contributed by atoms with Crippen LogP contribution in [0.3, 0.4) is 0 Å². The highest BCUT2D eigenvalue weighted by atomic mass is 32.2. The van der Waals surface area contributed by atoms with Crippen LogP contribution in [0.1, 0.15) is 26.2 Å². The molecule has 1 aromatic rings. The van der Waals surface area contributed by atoms with Gasteiger partial charge in [0.1, 0.15) is 0 Å². The van der Waals surface area contributed by atoms with E-state index >= 15 is 0 Å². The highest BCUT2D eigenvalue weighted by Crippen LogP contribution is 2.28. The van der Waals surface area contributed by atoms with Gasteiger partial charge in [0.05, 0.1) is 0 Å². The zero-order chi connectivity index (χ0) is 10.7. The molecule has 2 rings (SSSR count). The number of hydrogen-bond donors (Lipinski definition) is 1. The van der Waals surface area contributed by atoms with Crippen LogP contribution in [0.4, 0.5) is 5.69 Å². The lowest BCUT2D eigenvalue weighted by Crippen LogP contribution is -2.21. The van der Waals surface area contributed by atoms with E-state index in [9.17, 15) is 0 Å². The Kier molecular flexibility index (Phi) is 3.57. The van der Waals surface area contributed by atoms with Crippen molar-refractivity contribution in [3.63, 3.8) is 0 Å². The minimum atomic E-state index is 0.683. The van der Waals surface area contributed by atoms with Crippen LogP contribution in [0, 0.1) is 5.92 Å². The summed E-state index contributed by atoms with van der Waals surface area (Å²) in [7, 11) is 0. The maximum atomic E-state index is 3.65. The molecule has 0 heterocycles. The van der Waals surface area contributed by atoms with Gasteiger partial charge in [-0.2, -0.15) is 0 Å². The van der Waals surface area contributed by atoms with E-state index in [4.69, 9.17) is 0 Å². The third-order valence-corrected chi connectivity index (χ3v) is 4.01. The Bertz CT molecular complexity index is 324. The Morgan fingerprint density at radius 1 is 1.33 bits per heavy atom. The largest absolute Gasteiger partial charge is 0.382 e. The molecular weight excluding hydrogens is 202 g/mol. The number of benzene rings is 1. The van der Waals surface area contributed by atoms with Gasteiger partial charge in [-0.25, -0.2) is 0 Å². The predicted molar refractivity (Wildman–Crippen MR) is 68.6 cm³/mol. The lowest BCUT2D eigenvalue weighted by atomic mass is 10.1. The quantitative estimate of drug-likeness (QED) is 0.774. The predicted octanol–water partition coefficient (Wildman–Crippen LogP) is 4.01. The summed E-state index contributed by atoms with van der Waals surface area (Å²) in [6, 6.07) is 9.39. The highest BCUT2D eigenvalue weighted by molar-refractivity contribution is 7.98. The molecule has 0 amide bonds. The fourth-order valence-corrected chi connectivity index (χ4v) is 2.75. The molecule has 0 bridgehead atoms.